The highest BCUT2D eigenvalue weighted by atomic mass is 16.5. The van der Waals surface area contributed by atoms with Gasteiger partial charge in [0, 0.05) is 37.3 Å². The highest BCUT2D eigenvalue weighted by Crippen LogP contribution is 2.21. The van der Waals surface area contributed by atoms with E-state index in [-0.39, 0.29) is 17.8 Å². The summed E-state index contributed by atoms with van der Waals surface area (Å²) in [5, 5.41) is 3.00. The maximum Gasteiger partial charge on any atom is 0.309 e. The molecule has 6 nitrogen and oxygen atoms in total. The lowest BCUT2D eigenvalue weighted by atomic mass is 9.97. The quantitative estimate of drug-likeness (QED) is 0.741. The highest BCUT2D eigenvalue weighted by molar-refractivity contribution is 5.91. The number of benzene rings is 1. The van der Waals surface area contributed by atoms with Crippen LogP contribution in [0.1, 0.15) is 39.0 Å². The standard InChI is InChI=1S/C21H31N3O3/c1-2-27-21(26)17-10-14-23(15-11-17)16-20(25)22-18-6-8-19(9-7-18)24-12-4-3-5-13-24/h6-9,17H,2-5,10-16H2,1H3,(H,22,25)/p+1. The van der Waals surface area contributed by atoms with Crippen LogP contribution in [0.5, 0.6) is 0 Å². The normalized spacial score (nSPS) is 22.9. The monoisotopic (exact) mass is 374 g/mol. The molecule has 2 aliphatic heterocycles. The second-order valence-corrected chi connectivity index (χ2v) is 7.60. The van der Waals surface area contributed by atoms with Crippen LogP contribution in [0.4, 0.5) is 11.4 Å². The lowest BCUT2D eigenvalue weighted by Gasteiger charge is -2.29. The molecule has 27 heavy (non-hydrogen) atoms. The lowest BCUT2D eigenvalue weighted by Crippen LogP contribution is -3.14. The van der Waals surface area contributed by atoms with Gasteiger partial charge in [0.25, 0.3) is 5.91 Å². The number of nitrogens with zero attached hydrogens (tertiary/aromatic N) is 1. The predicted molar refractivity (Wildman–Crippen MR) is 106 cm³/mol. The summed E-state index contributed by atoms with van der Waals surface area (Å²) >= 11 is 0. The van der Waals surface area contributed by atoms with E-state index in [0.717, 1.165) is 44.7 Å². The molecule has 6 heteroatoms. The summed E-state index contributed by atoms with van der Waals surface area (Å²) in [5.74, 6) is -0.0563. The Hall–Kier alpha value is -2.08. The summed E-state index contributed by atoms with van der Waals surface area (Å²) in [6.45, 7) is 6.64. The largest absolute Gasteiger partial charge is 0.466 e. The Morgan fingerprint density at radius 1 is 1.11 bits per heavy atom. The third-order valence-corrected chi connectivity index (χ3v) is 5.60. The first-order chi connectivity index (χ1) is 13.2. The Balaban J connectivity index is 1.42. The number of rotatable bonds is 6. The van der Waals surface area contributed by atoms with Crippen molar-refractivity contribution in [1.29, 1.82) is 0 Å². The predicted octanol–water partition coefficient (Wildman–Crippen LogP) is 1.47. The molecule has 0 aliphatic carbocycles. The molecular weight excluding hydrogens is 342 g/mol. The molecular formula is C21H32N3O3+. The topological polar surface area (TPSA) is 63.1 Å². The van der Waals surface area contributed by atoms with Crippen molar-refractivity contribution in [2.75, 3.05) is 49.5 Å². The number of nitrogens with one attached hydrogen (secondary N) is 2. The zero-order valence-corrected chi connectivity index (χ0v) is 16.3. The van der Waals surface area contributed by atoms with Gasteiger partial charge < -0.3 is 19.9 Å². The minimum atomic E-state index is -0.0882. The maximum atomic E-state index is 12.4. The summed E-state index contributed by atoms with van der Waals surface area (Å²) in [6, 6.07) is 8.17. The number of amides is 1. The first kappa shape index (κ1) is 19.7. The van der Waals surface area contributed by atoms with Gasteiger partial charge in [-0.05, 0) is 50.5 Å². The fourth-order valence-corrected chi connectivity index (χ4v) is 4.04. The van der Waals surface area contributed by atoms with Gasteiger partial charge in [-0.15, -0.1) is 0 Å². The van der Waals surface area contributed by atoms with Crippen LogP contribution in [0.3, 0.4) is 0 Å². The van der Waals surface area contributed by atoms with Crippen LogP contribution in [0.15, 0.2) is 24.3 Å². The fraction of sp³-hybridized carbons (Fsp3) is 0.619. The molecule has 2 saturated heterocycles. The lowest BCUT2D eigenvalue weighted by molar-refractivity contribution is -0.897. The van der Waals surface area contributed by atoms with Crippen LogP contribution in [-0.2, 0) is 14.3 Å². The van der Waals surface area contributed by atoms with E-state index in [4.69, 9.17) is 4.74 Å². The molecule has 0 spiro atoms. The van der Waals surface area contributed by atoms with Gasteiger partial charge in [-0.1, -0.05) is 0 Å². The van der Waals surface area contributed by atoms with Gasteiger partial charge >= 0.3 is 5.97 Å². The fourth-order valence-electron chi connectivity index (χ4n) is 4.04. The van der Waals surface area contributed by atoms with Gasteiger partial charge in [-0.25, -0.2) is 0 Å². The average molecular weight is 375 g/mol. The number of quaternary nitrogens is 1. The smallest absolute Gasteiger partial charge is 0.309 e. The van der Waals surface area contributed by atoms with Crippen molar-refractivity contribution in [2.24, 2.45) is 5.92 Å². The molecule has 0 radical (unpaired) electrons. The highest BCUT2D eigenvalue weighted by Gasteiger charge is 2.29. The first-order valence-electron chi connectivity index (χ1n) is 10.3. The molecule has 0 aromatic heterocycles. The molecule has 0 atom stereocenters. The number of anilines is 2. The van der Waals surface area contributed by atoms with Crippen LogP contribution < -0.4 is 15.1 Å². The van der Waals surface area contributed by atoms with Crippen molar-refractivity contribution < 1.29 is 19.2 Å². The van der Waals surface area contributed by atoms with Crippen LogP contribution in [0, 0.1) is 5.92 Å². The van der Waals surface area contributed by atoms with E-state index in [1.165, 1.54) is 29.8 Å². The van der Waals surface area contributed by atoms with Crippen LogP contribution in [-0.4, -0.2) is 51.2 Å². The molecule has 2 aliphatic rings. The van der Waals surface area contributed by atoms with E-state index in [2.05, 4.69) is 22.3 Å². The SMILES string of the molecule is CCOC(=O)C1CC[NH+](CC(=O)Nc2ccc(N3CCCCC3)cc2)CC1. The Morgan fingerprint density at radius 3 is 2.41 bits per heavy atom. The minimum absolute atomic E-state index is 0.000840. The Morgan fingerprint density at radius 2 is 1.78 bits per heavy atom. The summed E-state index contributed by atoms with van der Waals surface area (Å²) in [7, 11) is 0. The molecule has 2 N–H and O–H groups in total. The molecule has 2 heterocycles. The summed E-state index contributed by atoms with van der Waals surface area (Å²) < 4.78 is 5.10. The molecule has 0 saturated carbocycles. The summed E-state index contributed by atoms with van der Waals surface area (Å²) in [5.41, 5.74) is 2.08. The van der Waals surface area contributed by atoms with Crippen molar-refractivity contribution >= 4 is 23.3 Å². The molecule has 1 amide bonds. The van der Waals surface area contributed by atoms with E-state index >= 15 is 0 Å². The van der Waals surface area contributed by atoms with Crippen molar-refractivity contribution in [2.45, 2.75) is 39.0 Å². The molecule has 0 unspecified atom stereocenters. The van der Waals surface area contributed by atoms with Crippen LogP contribution >= 0.6 is 0 Å². The van der Waals surface area contributed by atoms with Crippen molar-refractivity contribution in [1.82, 2.24) is 0 Å². The molecule has 148 valence electrons. The number of hydrogen-bond donors (Lipinski definition) is 2. The summed E-state index contributed by atoms with van der Waals surface area (Å²) in [6.07, 6.45) is 5.43. The minimum Gasteiger partial charge on any atom is -0.466 e. The second-order valence-electron chi connectivity index (χ2n) is 7.60. The third kappa shape index (κ3) is 5.70. The number of carbonyl (C=O) groups excluding carboxylic acids is 2. The van der Waals surface area contributed by atoms with E-state index < -0.39 is 0 Å². The van der Waals surface area contributed by atoms with Gasteiger partial charge in [-0.3, -0.25) is 9.59 Å². The average Bonchev–Trinajstić information content (AvgIpc) is 2.70. The van der Waals surface area contributed by atoms with E-state index in [0.29, 0.717) is 13.2 Å². The second kappa shape index (κ2) is 9.74. The number of esters is 1. The van der Waals surface area contributed by atoms with Crippen molar-refractivity contribution in [3.05, 3.63) is 24.3 Å². The Labute approximate surface area is 161 Å². The molecule has 1 aromatic rings. The van der Waals surface area contributed by atoms with Crippen molar-refractivity contribution in [3.63, 3.8) is 0 Å². The van der Waals surface area contributed by atoms with Gasteiger partial charge in [0.2, 0.25) is 0 Å². The summed E-state index contributed by atoms with van der Waals surface area (Å²) in [4.78, 5) is 27.8. The van der Waals surface area contributed by atoms with E-state index in [9.17, 15) is 9.59 Å². The van der Waals surface area contributed by atoms with Gasteiger partial charge in [0.1, 0.15) is 0 Å². The van der Waals surface area contributed by atoms with Crippen LogP contribution in [0.25, 0.3) is 0 Å². The van der Waals surface area contributed by atoms with Crippen molar-refractivity contribution in [3.8, 4) is 0 Å². The number of hydrogen-bond acceptors (Lipinski definition) is 4. The first-order valence-corrected chi connectivity index (χ1v) is 10.3. The number of carbonyl (C=O) groups is 2. The van der Waals surface area contributed by atoms with Gasteiger partial charge in [0.15, 0.2) is 6.54 Å². The molecule has 3 rings (SSSR count). The molecule has 1 aromatic carbocycles. The van der Waals surface area contributed by atoms with Gasteiger partial charge in [0.05, 0.1) is 25.6 Å². The zero-order chi connectivity index (χ0) is 19.1. The Kier molecular flexibility index (Phi) is 7.10. The Bertz CT molecular complexity index is 618. The third-order valence-electron chi connectivity index (χ3n) is 5.60. The van der Waals surface area contributed by atoms with E-state index in [1.807, 2.05) is 19.1 Å². The van der Waals surface area contributed by atoms with E-state index in [1.54, 1.807) is 0 Å². The number of ether oxygens (including phenoxy) is 1. The van der Waals surface area contributed by atoms with Crippen LogP contribution in [0.2, 0.25) is 0 Å². The maximum absolute atomic E-state index is 12.4. The molecule has 0 bridgehead atoms. The van der Waals surface area contributed by atoms with Gasteiger partial charge in [-0.2, -0.15) is 0 Å². The zero-order valence-electron chi connectivity index (χ0n) is 16.3. The number of likely N-dealkylation sites (tertiary alicyclic amines) is 1. The number of piperidine rings is 2. The molecule has 2 fully saturated rings.